The molecule has 0 radical (unpaired) electrons. The van der Waals surface area contributed by atoms with Gasteiger partial charge in [-0.1, -0.05) is 26.7 Å². The van der Waals surface area contributed by atoms with E-state index >= 15 is 0 Å². The fraction of sp³-hybridized carbons (Fsp3) is 0.667. The summed E-state index contributed by atoms with van der Waals surface area (Å²) in [5.74, 6) is 1.21. The van der Waals surface area contributed by atoms with E-state index in [0.29, 0.717) is 11.7 Å². The highest BCUT2D eigenvalue weighted by Gasteiger charge is 2.26. The molecule has 17 heavy (non-hydrogen) atoms. The zero-order valence-electron chi connectivity index (χ0n) is 10.6. The number of amides is 1. The molecule has 0 saturated carbocycles. The van der Waals surface area contributed by atoms with Crippen molar-refractivity contribution >= 4 is 6.09 Å². The molecule has 0 spiro atoms. The van der Waals surface area contributed by atoms with Crippen molar-refractivity contribution < 1.29 is 9.53 Å². The summed E-state index contributed by atoms with van der Waals surface area (Å²) in [5.41, 5.74) is 0.815. The smallest absolute Gasteiger partial charge is 0.407 e. The Morgan fingerprint density at radius 2 is 2.24 bits per heavy atom. The average molecular weight is 237 g/mol. The van der Waals surface area contributed by atoms with Crippen LogP contribution < -0.4 is 10.1 Å². The second kappa shape index (κ2) is 4.77. The zero-order chi connectivity index (χ0) is 12.4. The maximum atomic E-state index is 11.2. The van der Waals surface area contributed by atoms with Crippen LogP contribution in [0.1, 0.15) is 45.3 Å². The van der Waals surface area contributed by atoms with Gasteiger partial charge in [-0.3, -0.25) is 4.68 Å². The van der Waals surface area contributed by atoms with Gasteiger partial charge >= 0.3 is 6.09 Å². The normalized spacial score (nSPS) is 18.8. The molecule has 2 rings (SSSR count). The molecule has 1 aliphatic heterocycles. The average Bonchev–Trinajstić information content (AvgIpc) is 2.68. The second-order valence-electron chi connectivity index (χ2n) is 4.54. The van der Waals surface area contributed by atoms with Gasteiger partial charge in [0.15, 0.2) is 5.75 Å². The van der Waals surface area contributed by atoms with Crippen molar-refractivity contribution in [1.29, 1.82) is 0 Å². The van der Waals surface area contributed by atoms with Crippen molar-refractivity contribution in [3.63, 3.8) is 0 Å². The predicted octanol–water partition coefficient (Wildman–Crippen LogP) is 2.48. The van der Waals surface area contributed by atoms with Crippen LogP contribution in [0.3, 0.4) is 0 Å². The first-order valence-corrected chi connectivity index (χ1v) is 6.19. The molecule has 1 amide bonds. The molecule has 1 aromatic heterocycles. The monoisotopic (exact) mass is 237 g/mol. The summed E-state index contributed by atoms with van der Waals surface area (Å²) in [6, 6.07) is -0.0748. The lowest BCUT2D eigenvalue weighted by molar-refractivity contribution is 0.189. The van der Waals surface area contributed by atoms with Crippen LogP contribution in [-0.4, -0.2) is 15.9 Å². The molecular formula is C12H19N3O2. The third kappa shape index (κ3) is 2.43. The van der Waals surface area contributed by atoms with Crippen molar-refractivity contribution in [2.45, 2.75) is 46.2 Å². The van der Waals surface area contributed by atoms with Crippen molar-refractivity contribution in [1.82, 2.24) is 15.1 Å². The lowest BCUT2D eigenvalue weighted by atomic mass is 10.0. The molecule has 1 atom stereocenters. The van der Waals surface area contributed by atoms with Crippen LogP contribution in [0.4, 0.5) is 4.79 Å². The highest BCUT2D eigenvalue weighted by atomic mass is 16.6. The van der Waals surface area contributed by atoms with Gasteiger partial charge in [0.2, 0.25) is 0 Å². The number of carbonyl (C=O) groups is 1. The summed E-state index contributed by atoms with van der Waals surface area (Å²) in [4.78, 5) is 11.2. The molecule has 1 unspecified atom stereocenters. The third-order valence-electron chi connectivity index (χ3n) is 3.30. The van der Waals surface area contributed by atoms with Gasteiger partial charge in [0.25, 0.3) is 0 Å². The quantitative estimate of drug-likeness (QED) is 0.875. The largest absolute Gasteiger partial charge is 0.413 e. The maximum Gasteiger partial charge on any atom is 0.413 e. The lowest BCUT2D eigenvalue weighted by Crippen LogP contribution is -2.34. The van der Waals surface area contributed by atoms with Gasteiger partial charge in [-0.25, -0.2) is 4.79 Å². The first-order valence-electron chi connectivity index (χ1n) is 6.19. The van der Waals surface area contributed by atoms with Gasteiger partial charge < -0.3 is 10.1 Å². The fourth-order valence-electron chi connectivity index (χ4n) is 2.08. The van der Waals surface area contributed by atoms with Gasteiger partial charge in [-0.05, 0) is 12.8 Å². The molecule has 0 saturated heterocycles. The number of carbonyl (C=O) groups excluding carboxylic acids is 1. The molecule has 1 aliphatic rings. The summed E-state index contributed by atoms with van der Waals surface area (Å²) in [5, 5.41) is 7.17. The van der Waals surface area contributed by atoms with Crippen LogP contribution >= 0.6 is 0 Å². The molecule has 1 N–H and O–H groups in total. The van der Waals surface area contributed by atoms with Gasteiger partial charge in [0.05, 0.1) is 12.2 Å². The minimum atomic E-state index is -0.396. The third-order valence-corrected chi connectivity index (χ3v) is 3.30. The fourth-order valence-corrected chi connectivity index (χ4v) is 2.08. The van der Waals surface area contributed by atoms with E-state index in [1.54, 1.807) is 0 Å². The SMILES string of the molecule is CCC(CC)Cn1cc2c(n1)C(C)NC(=O)O2. The van der Waals surface area contributed by atoms with E-state index in [1.807, 2.05) is 17.8 Å². The number of rotatable bonds is 4. The minimum absolute atomic E-state index is 0.0748. The number of aromatic nitrogens is 2. The van der Waals surface area contributed by atoms with Crippen LogP contribution in [0, 0.1) is 5.92 Å². The first kappa shape index (κ1) is 12.0. The number of ether oxygens (including phenoxy) is 1. The summed E-state index contributed by atoms with van der Waals surface area (Å²) in [6.45, 7) is 7.15. The molecule has 0 fully saturated rings. The van der Waals surface area contributed by atoms with Crippen LogP contribution in [-0.2, 0) is 6.54 Å². The minimum Gasteiger partial charge on any atom is -0.407 e. The zero-order valence-corrected chi connectivity index (χ0v) is 10.6. The van der Waals surface area contributed by atoms with Gasteiger partial charge in [-0.15, -0.1) is 0 Å². The molecule has 94 valence electrons. The van der Waals surface area contributed by atoms with Crippen molar-refractivity contribution in [2.75, 3.05) is 0 Å². The Morgan fingerprint density at radius 1 is 1.53 bits per heavy atom. The predicted molar refractivity (Wildman–Crippen MR) is 63.9 cm³/mol. The summed E-state index contributed by atoms with van der Waals surface area (Å²) in [7, 11) is 0. The molecule has 1 aromatic rings. The van der Waals surface area contributed by atoms with Crippen LogP contribution in [0.25, 0.3) is 0 Å². The Bertz CT molecular complexity index is 410. The van der Waals surface area contributed by atoms with Crippen molar-refractivity contribution in [2.24, 2.45) is 5.92 Å². The molecular weight excluding hydrogens is 218 g/mol. The summed E-state index contributed by atoms with van der Waals surface area (Å²) >= 11 is 0. The number of nitrogens with zero attached hydrogens (tertiary/aromatic N) is 2. The highest BCUT2D eigenvalue weighted by molar-refractivity contribution is 5.73. The van der Waals surface area contributed by atoms with E-state index < -0.39 is 6.09 Å². The lowest BCUT2D eigenvalue weighted by Gasteiger charge is -2.17. The molecule has 0 aromatic carbocycles. The number of fused-ring (bicyclic) bond motifs is 1. The van der Waals surface area contributed by atoms with Crippen LogP contribution in [0.2, 0.25) is 0 Å². The molecule has 2 heterocycles. The van der Waals surface area contributed by atoms with Crippen molar-refractivity contribution in [3.05, 3.63) is 11.9 Å². The van der Waals surface area contributed by atoms with Gasteiger partial charge in [0, 0.05) is 6.54 Å². The van der Waals surface area contributed by atoms with E-state index in [1.165, 1.54) is 0 Å². The standard InChI is InChI=1S/C12H19N3O2/c1-4-9(5-2)6-15-7-10-11(14-15)8(3)13-12(16)17-10/h7-9H,4-6H2,1-3H3,(H,13,16). The Balaban J connectivity index is 2.17. The summed E-state index contributed by atoms with van der Waals surface area (Å²) < 4.78 is 6.99. The Morgan fingerprint density at radius 3 is 2.88 bits per heavy atom. The number of hydrogen-bond donors (Lipinski definition) is 1. The Labute approximate surface area is 101 Å². The van der Waals surface area contributed by atoms with E-state index in [4.69, 9.17) is 4.74 Å². The number of hydrogen-bond acceptors (Lipinski definition) is 3. The van der Waals surface area contributed by atoms with E-state index in [9.17, 15) is 4.79 Å². The van der Waals surface area contributed by atoms with Gasteiger partial charge in [-0.2, -0.15) is 5.10 Å². The molecule has 0 aliphatic carbocycles. The summed E-state index contributed by atoms with van der Waals surface area (Å²) in [6.07, 6.45) is 3.69. The van der Waals surface area contributed by atoms with Crippen molar-refractivity contribution in [3.8, 4) is 5.75 Å². The number of nitrogens with one attached hydrogen (secondary N) is 1. The van der Waals surface area contributed by atoms with E-state index in [-0.39, 0.29) is 6.04 Å². The highest BCUT2D eigenvalue weighted by Crippen LogP contribution is 2.28. The van der Waals surface area contributed by atoms with Crippen LogP contribution in [0.15, 0.2) is 6.20 Å². The Kier molecular flexibility index (Phi) is 3.36. The second-order valence-corrected chi connectivity index (χ2v) is 4.54. The van der Waals surface area contributed by atoms with E-state index in [2.05, 4.69) is 24.3 Å². The molecule has 0 bridgehead atoms. The van der Waals surface area contributed by atoms with Crippen LogP contribution in [0.5, 0.6) is 5.75 Å². The first-order chi connectivity index (χ1) is 8.13. The van der Waals surface area contributed by atoms with E-state index in [0.717, 1.165) is 25.1 Å². The van der Waals surface area contributed by atoms with Gasteiger partial charge in [0.1, 0.15) is 5.69 Å². The molecule has 5 heteroatoms. The maximum absolute atomic E-state index is 11.2. The Hall–Kier alpha value is -1.52. The molecule has 5 nitrogen and oxygen atoms in total. The topological polar surface area (TPSA) is 56.2 Å².